The number of aryl methyl sites for hydroxylation is 1. The van der Waals surface area contributed by atoms with Gasteiger partial charge >= 0.3 is 5.66 Å². The lowest BCUT2D eigenvalue weighted by Gasteiger charge is -2.18. The van der Waals surface area contributed by atoms with Crippen molar-refractivity contribution in [3.8, 4) is 22.5 Å². The van der Waals surface area contributed by atoms with Crippen molar-refractivity contribution >= 4 is 27.5 Å². The Morgan fingerprint density at radius 3 is 2.34 bits per heavy atom. The summed E-state index contributed by atoms with van der Waals surface area (Å²) in [5.74, 6) is 0.422. The van der Waals surface area contributed by atoms with Gasteiger partial charge in [0.05, 0.1) is 5.56 Å². The Bertz CT molecular complexity index is 2150. The molecule has 0 saturated heterocycles. The molecule has 1 aliphatic carbocycles. The first-order valence-corrected chi connectivity index (χ1v) is 14.8. The summed E-state index contributed by atoms with van der Waals surface area (Å²) in [4.78, 5) is 0. The van der Waals surface area contributed by atoms with Crippen LogP contribution in [0.2, 0.25) is 0 Å². The molecule has 0 radical (unpaired) electrons. The number of benzene rings is 3. The van der Waals surface area contributed by atoms with Crippen LogP contribution in [-0.4, -0.2) is 0 Å². The smallest absolute Gasteiger partial charge is 0.417 e. The van der Waals surface area contributed by atoms with Crippen LogP contribution in [0.15, 0.2) is 95.2 Å². The molecule has 0 saturated carbocycles. The van der Waals surface area contributed by atoms with E-state index in [1.807, 2.05) is 0 Å². The summed E-state index contributed by atoms with van der Waals surface area (Å²) in [6, 6.07) is 27.2. The number of hydrogen-bond acceptors (Lipinski definition) is 1. The monoisotopic (exact) mass is 532 g/mol. The predicted octanol–water partition coefficient (Wildman–Crippen LogP) is 8.20. The summed E-state index contributed by atoms with van der Waals surface area (Å²) >= 11 is 0. The average Bonchev–Trinajstić information content (AvgIpc) is 3.67. The summed E-state index contributed by atoms with van der Waals surface area (Å²) in [5, 5.41) is 2.40. The molecule has 3 nitrogen and oxygen atoms in total. The quantitative estimate of drug-likeness (QED) is 0.195. The van der Waals surface area contributed by atoms with Gasteiger partial charge < -0.3 is 4.42 Å². The fraction of sp³-hybridized carbons (Fsp3) is 0.211. The van der Waals surface area contributed by atoms with Crippen LogP contribution in [0.4, 0.5) is 0 Å². The highest BCUT2D eigenvalue weighted by Gasteiger charge is 2.67. The minimum absolute atomic E-state index is 0.422. The molecular formula is C38H32N2O+2. The second-order valence-corrected chi connectivity index (χ2v) is 12.5. The molecule has 1 unspecified atom stereocenters. The van der Waals surface area contributed by atoms with Gasteiger partial charge in [-0.2, -0.15) is 0 Å². The molecule has 3 aliphatic rings. The number of pyridine rings is 2. The van der Waals surface area contributed by atoms with Gasteiger partial charge in [-0.1, -0.05) is 43.7 Å². The third-order valence-electron chi connectivity index (χ3n) is 10.1. The molecule has 41 heavy (non-hydrogen) atoms. The van der Waals surface area contributed by atoms with E-state index in [1.165, 1.54) is 77.8 Å². The zero-order valence-corrected chi connectivity index (χ0v) is 24.2. The highest BCUT2D eigenvalue weighted by atomic mass is 16.3. The molecule has 0 bridgehead atoms. The summed E-state index contributed by atoms with van der Waals surface area (Å²) in [7, 11) is 0. The average molecular weight is 533 g/mol. The van der Waals surface area contributed by atoms with Gasteiger partial charge in [0.1, 0.15) is 27.9 Å². The first kappa shape index (κ1) is 23.2. The lowest BCUT2D eigenvalue weighted by Crippen LogP contribution is -2.71. The van der Waals surface area contributed by atoms with E-state index in [1.54, 1.807) is 0 Å². The molecule has 3 heteroatoms. The maximum Gasteiger partial charge on any atom is 0.417 e. The molecule has 0 fully saturated rings. The third kappa shape index (κ3) is 2.61. The number of aromatic nitrogens is 2. The van der Waals surface area contributed by atoms with E-state index in [4.69, 9.17) is 4.42 Å². The Hall–Kier alpha value is -4.50. The molecule has 198 valence electrons. The van der Waals surface area contributed by atoms with Gasteiger partial charge in [-0.05, 0) is 80.1 Å². The zero-order valence-electron chi connectivity index (χ0n) is 24.2. The van der Waals surface area contributed by atoms with Crippen molar-refractivity contribution in [1.82, 2.24) is 0 Å². The van der Waals surface area contributed by atoms with Crippen molar-refractivity contribution in [2.45, 2.75) is 52.6 Å². The first-order chi connectivity index (χ1) is 19.9. The summed E-state index contributed by atoms with van der Waals surface area (Å²) < 4.78 is 12.1. The van der Waals surface area contributed by atoms with Crippen molar-refractivity contribution in [3.05, 3.63) is 124 Å². The van der Waals surface area contributed by atoms with Gasteiger partial charge in [-0.15, -0.1) is 9.13 Å². The molecule has 9 rings (SSSR count). The van der Waals surface area contributed by atoms with Crippen LogP contribution in [0, 0.1) is 6.92 Å². The number of nitrogens with zero attached hydrogens (tertiary/aromatic N) is 2. The molecular weight excluding hydrogens is 500 g/mol. The number of furan rings is 1. The highest BCUT2D eigenvalue weighted by Crippen LogP contribution is 2.51. The van der Waals surface area contributed by atoms with E-state index in [0.29, 0.717) is 5.92 Å². The Balaban J connectivity index is 1.49. The number of hydrogen-bond donors (Lipinski definition) is 0. The van der Waals surface area contributed by atoms with E-state index >= 15 is 0 Å². The Morgan fingerprint density at radius 2 is 1.51 bits per heavy atom. The van der Waals surface area contributed by atoms with Crippen molar-refractivity contribution in [2.75, 3.05) is 0 Å². The summed E-state index contributed by atoms with van der Waals surface area (Å²) in [5.41, 5.74) is 17.2. The van der Waals surface area contributed by atoms with Gasteiger partial charge in [-0.3, -0.25) is 0 Å². The van der Waals surface area contributed by atoms with Crippen molar-refractivity contribution in [2.24, 2.45) is 0 Å². The lowest BCUT2D eigenvalue weighted by molar-refractivity contribution is -0.955. The van der Waals surface area contributed by atoms with Crippen LogP contribution in [0.1, 0.15) is 67.0 Å². The molecule has 1 spiro atoms. The SMILES string of the molecule is CC1=C(C)c2c(ccc3c2oc2c4c(ccc23)C2(c3ccccc3-c3cccc[n+]32)[n+]2cc(C)c(C(C)C)cc2-4)C1. The van der Waals surface area contributed by atoms with Crippen LogP contribution in [0.25, 0.3) is 50.0 Å². The van der Waals surface area contributed by atoms with E-state index in [0.717, 1.165) is 17.6 Å². The van der Waals surface area contributed by atoms with Crippen molar-refractivity contribution < 1.29 is 13.6 Å². The number of allylic oxidation sites excluding steroid dienone is 2. The second kappa shape index (κ2) is 7.61. The zero-order chi connectivity index (χ0) is 27.8. The van der Waals surface area contributed by atoms with Gasteiger partial charge in [0, 0.05) is 40.1 Å². The lowest BCUT2D eigenvalue weighted by atomic mass is 9.89. The molecule has 1 atom stereocenters. The van der Waals surface area contributed by atoms with Gasteiger partial charge in [-0.25, -0.2) is 0 Å². The van der Waals surface area contributed by atoms with E-state index < -0.39 is 5.66 Å². The second-order valence-electron chi connectivity index (χ2n) is 12.5. The Kier molecular flexibility index (Phi) is 4.31. The molecule has 6 aromatic rings. The molecule has 3 aromatic heterocycles. The Labute approximate surface area is 240 Å². The highest BCUT2D eigenvalue weighted by molar-refractivity contribution is 6.13. The largest absolute Gasteiger partial charge is 0.454 e. The number of rotatable bonds is 1. The van der Waals surface area contributed by atoms with Gasteiger partial charge in [0.2, 0.25) is 11.4 Å². The molecule has 0 N–H and O–H groups in total. The van der Waals surface area contributed by atoms with E-state index in [2.05, 4.69) is 129 Å². The standard InChI is InChI=1S/C38H32N2O/c1-21(2)29-19-33-35-31(16-15-27-26-14-13-25-18-22(3)24(5)34(25)36(26)41-37(27)35)38(40(33)20-23(29)4)30-11-7-6-10-28(30)32-12-8-9-17-39(32)38/h6-17,19-21H,18H2,1-5H3/q+2. The van der Waals surface area contributed by atoms with Crippen LogP contribution < -0.4 is 9.13 Å². The molecule has 3 aromatic carbocycles. The van der Waals surface area contributed by atoms with Crippen LogP contribution in [0.5, 0.6) is 0 Å². The number of fused-ring (bicyclic) bond motifs is 16. The topological polar surface area (TPSA) is 20.9 Å². The fourth-order valence-corrected chi connectivity index (χ4v) is 8.17. The first-order valence-electron chi connectivity index (χ1n) is 14.8. The van der Waals surface area contributed by atoms with Crippen molar-refractivity contribution in [3.63, 3.8) is 0 Å². The van der Waals surface area contributed by atoms with Crippen LogP contribution >= 0.6 is 0 Å². The van der Waals surface area contributed by atoms with Crippen LogP contribution in [0.3, 0.4) is 0 Å². The predicted molar refractivity (Wildman–Crippen MR) is 164 cm³/mol. The maximum absolute atomic E-state index is 7.07. The van der Waals surface area contributed by atoms with Crippen LogP contribution in [-0.2, 0) is 12.1 Å². The fourth-order valence-electron chi connectivity index (χ4n) is 8.17. The van der Waals surface area contributed by atoms with Gasteiger partial charge in [0.15, 0.2) is 12.4 Å². The summed E-state index contributed by atoms with van der Waals surface area (Å²) in [6.07, 6.45) is 5.65. The van der Waals surface area contributed by atoms with Crippen molar-refractivity contribution in [1.29, 1.82) is 0 Å². The minimum Gasteiger partial charge on any atom is -0.454 e. The molecule has 5 heterocycles. The van der Waals surface area contributed by atoms with E-state index in [9.17, 15) is 0 Å². The normalized spacial score (nSPS) is 18.0. The maximum atomic E-state index is 7.07. The minimum atomic E-state index is -0.528. The summed E-state index contributed by atoms with van der Waals surface area (Å²) in [6.45, 7) is 11.3. The Morgan fingerprint density at radius 1 is 0.756 bits per heavy atom. The third-order valence-corrected chi connectivity index (χ3v) is 10.1. The van der Waals surface area contributed by atoms with E-state index in [-0.39, 0.29) is 0 Å². The molecule has 0 amide bonds. The molecule has 2 aliphatic heterocycles. The van der Waals surface area contributed by atoms with Gasteiger partial charge in [0.25, 0.3) is 0 Å².